The zero-order chi connectivity index (χ0) is 18.1. The zero-order valence-electron chi connectivity index (χ0n) is 13.8. The van der Waals surface area contributed by atoms with Gasteiger partial charge in [-0.3, -0.25) is 0 Å². The number of allylic oxidation sites excluding steroid dienone is 1. The Bertz CT molecular complexity index is 701. The predicted octanol–water partition coefficient (Wildman–Crippen LogP) is 2.71. The van der Waals surface area contributed by atoms with Gasteiger partial charge in [-0.2, -0.15) is 0 Å². The van der Waals surface area contributed by atoms with Gasteiger partial charge in [0.1, 0.15) is 23.2 Å². The summed E-state index contributed by atoms with van der Waals surface area (Å²) in [4.78, 5) is 12.5. The van der Waals surface area contributed by atoms with Crippen LogP contribution in [0.3, 0.4) is 0 Å². The number of cyclic esters (lactones) is 1. The van der Waals surface area contributed by atoms with Gasteiger partial charge < -0.3 is 24.8 Å². The van der Waals surface area contributed by atoms with E-state index in [1.807, 2.05) is 6.08 Å². The molecule has 0 aliphatic carbocycles. The number of phenolic OH excluding ortho intramolecular Hbond substituents is 2. The first-order valence-corrected chi connectivity index (χ1v) is 8.69. The third-order valence-electron chi connectivity index (χ3n) is 4.47. The van der Waals surface area contributed by atoms with Crippen molar-refractivity contribution in [3.05, 3.63) is 34.4 Å². The molecule has 3 rings (SSSR count). The molecule has 2 aliphatic rings. The molecular weight excluding hydrogens is 348 g/mol. The van der Waals surface area contributed by atoms with Gasteiger partial charge in [-0.15, -0.1) is 0 Å². The van der Waals surface area contributed by atoms with E-state index in [1.54, 1.807) is 13.0 Å². The molecule has 3 N–H and O–H groups in total. The number of halogens is 1. The predicted molar refractivity (Wildman–Crippen MR) is 91.0 cm³/mol. The van der Waals surface area contributed by atoms with Crippen LogP contribution in [0.5, 0.6) is 11.5 Å². The lowest BCUT2D eigenvalue weighted by Gasteiger charge is -2.18. The van der Waals surface area contributed by atoms with E-state index in [9.17, 15) is 20.1 Å². The molecule has 1 aromatic carbocycles. The third kappa shape index (κ3) is 4.08. The number of aromatic hydroxyl groups is 2. The number of benzene rings is 1. The highest BCUT2D eigenvalue weighted by Gasteiger charge is 2.39. The first kappa shape index (κ1) is 18.0. The number of aliphatic hydroxyl groups excluding tert-OH is 1. The standard InChI is InChI=1S/C18H21ClO6/c1-9-6-15-14(25-15)5-3-2-4-10(20)7-11-16(18(23)24-9)12(21)8-13(22)17(11)19/h2,4,8-10,14-15,20-22H,3,5-7H2,1H3/b4-2+/t9-,10-,14-,15-/m1/s1. The number of esters is 1. The van der Waals surface area contributed by atoms with Crippen molar-refractivity contribution in [3.8, 4) is 11.5 Å². The Morgan fingerprint density at radius 2 is 2.00 bits per heavy atom. The van der Waals surface area contributed by atoms with Gasteiger partial charge in [0.2, 0.25) is 0 Å². The molecule has 2 heterocycles. The van der Waals surface area contributed by atoms with Crippen molar-refractivity contribution in [1.82, 2.24) is 0 Å². The molecule has 0 saturated carbocycles. The number of hydrogen-bond donors (Lipinski definition) is 3. The van der Waals surface area contributed by atoms with Crippen LogP contribution in [0.2, 0.25) is 5.02 Å². The number of rotatable bonds is 0. The number of hydrogen-bond acceptors (Lipinski definition) is 6. The minimum Gasteiger partial charge on any atom is -0.507 e. The van der Waals surface area contributed by atoms with Gasteiger partial charge in [0.25, 0.3) is 0 Å². The van der Waals surface area contributed by atoms with E-state index in [0.29, 0.717) is 6.42 Å². The van der Waals surface area contributed by atoms with Crippen LogP contribution in [0.4, 0.5) is 0 Å². The van der Waals surface area contributed by atoms with Crippen molar-refractivity contribution in [3.63, 3.8) is 0 Å². The van der Waals surface area contributed by atoms with Crippen molar-refractivity contribution >= 4 is 17.6 Å². The molecule has 0 aromatic heterocycles. The molecule has 136 valence electrons. The Morgan fingerprint density at radius 3 is 2.76 bits per heavy atom. The molecule has 1 aromatic rings. The molecule has 25 heavy (non-hydrogen) atoms. The van der Waals surface area contributed by atoms with Crippen molar-refractivity contribution in [1.29, 1.82) is 0 Å². The summed E-state index contributed by atoms with van der Waals surface area (Å²) in [5, 5.41) is 30.1. The van der Waals surface area contributed by atoms with E-state index in [-0.39, 0.29) is 40.5 Å². The highest BCUT2D eigenvalue weighted by atomic mass is 35.5. The first-order chi connectivity index (χ1) is 11.9. The van der Waals surface area contributed by atoms with Crippen LogP contribution in [0, 0.1) is 0 Å². The Labute approximate surface area is 150 Å². The van der Waals surface area contributed by atoms with E-state index in [0.717, 1.165) is 18.9 Å². The lowest BCUT2D eigenvalue weighted by molar-refractivity contribution is 0.0305. The van der Waals surface area contributed by atoms with Crippen LogP contribution < -0.4 is 0 Å². The van der Waals surface area contributed by atoms with E-state index in [2.05, 4.69) is 0 Å². The van der Waals surface area contributed by atoms with E-state index >= 15 is 0 Å². The lowest BCUT2D eigenvalue weighted by Crippen LogP contribution is -2.20. The van der Waals surface area contributed by atoms with Gasteiger partial charge in [-0.05, 0) is 25.3 Å². The molecule has 0 spiro atoms. The second-order valence-corrected chi connectivity index (χ2v) is 6.90. The summed E-state index contributed by atoms with van der Waals surface area (Å²) in [5.41, 5.74) is 0.0264. The maximum atomic E-state index is 12.5. The Hall–Kier alpha value is -1.76. The van der Waals surface area contributed by atoms with Crippen LogP contribution in [0.15, 0.2) is 18.2 Å². The number of fused-ring (bicyclic) bond motifs is 2. The molecule has 2 aliphatic heterocycles. The molecule has 1 saturated heterocycles. The van der Waals surface area contributed by atoms with E-state index < -0.39 is 23.9 Å². The van der Waals surface area contributed by atoms with Crippen LogP contribution in [0.25, 0.3) is 0 Å². The number of carbonyl (C=O) groups is 1. The van der Waals surface area contributed by atoms with E-state index in [4.69, 9.17) is 21.1 Å². The van der Waals surface area contributed by atoms with Crippen LogP contribution in [0.1, 0.15) is 42.1 Å². The van der Waals surface area contributed by atoms with Gasteiger partial charge in [0.05, 0.1) is 23.3 Å². The summed E-state index contributed by atoms with van der Waals surface area (Å²) in [6.07, 6.45) is 4.51. The maximum Gasteiger partial charge on any atom is 0.342 e. The fraction of sp³-hybridized carbons (Fsp3) is 0.500. The highest BCUT2D eigenvalue weighted by Crippen LogP contribution is 2.38. The summed E-state index contributed by atoms with van der Waals surface area (Å²) in [7, 11) is 0. The molecule has 1 fully saturated rings. The Kier molecular flexibility index (Phi) is 5.22. The Morgan fingerprint density at radius 1 is 1.24 bits per heavy atom. The molecule has 6 nitrogen and oxygen atoms in total. The number of phenols is 2. The molecule has 0 unspecified atom stereocenters. The minimum atomic E-state index is -0.915. The van der Waals surface area contributed by atoms with Gasteiger partial charge >= 0.3 is 5.97 Å². The summed E-state index contributed by atoms with van der Waals surface area (Å²) in [6, 6.07) is 0.998. The van der Waals surface area contributed by atoms with Crippen molar-refractivity contribution in [2.75, 3.05) is 0 Å². The van der Waals surface area contributed by atoms with Gasteiger partial charge in [-0.1, -0.05) is 23.8 Å². The topological polar surface area (TPSA) is 99.5 Å². The first-order valence-electron chi connectivity index (χ1n) is 8.31. The van der Waals surface area contributed by atoms with Gasteiger partial charge in [-0.25, -0.2) is 4.79 Å². The molecule has 0 bridgehead atoms. The highest BCUT2D eigenvalue weighted by molar-refractivity contribution is 6.33. The van der Waals surface area contributed by atoms with Crippen molar-refractivity contribution < 1.29 is 29.6 Å². The second-order valence-electron chi connectivity index (χ2n) is 6.52. The third-order valence-corrected chi connectivity index (χ3v) is 4.90. The average Bonchev–Trinajstić information content (AvgIpc) is 3.25. The maximum absolute atomic E-state index is 12.5. The summed E-state index contributed by atoms with van der Waals surface area (Å²) in [6.45, 7) is 1.76. The van der Waals surface area contributed by atoms with Crippen LogP contribution in [-0.4, -0.2) is 45.7 Å². The normalized spacial score (nSPS) is 31.2. The molecule has 0 amide bonds. The number of carbonyl (C=O) groups excluding carboxylic acids is 1. The molecular formula is C18H21ClO6. The monoisotopic (exact) mass is 368 g/mol. The molecule has 4 atom stereocenters. The fourth-order valence-electron chi connectivity index (χ4n) is 3.15. The summed E-state index contributed by atoms with van der Waals surface area (Å²) in [5.74, 6) is -1.53. The van der Waals surface area contributed by atoms with Crippen molar-refractivity contribution in [2.45, 2.75) is 57.0 Å². The molecule has 0 radical (unpaired) electrons. The quantitative estimate of drug-likeness (QED) is 0.370. The Balaban J connectivity index is 1.96. The summed E-state index contributed by atoms with van der Waals surface area (Å²) >= 11 is 6.11. The minimum absolute atomic E-state index is 0.0291. The SMILES string of the molecule is C[C@@H]1C[C@H]2O[C@@H]2CC/C=C/[C@@H](O)Cc2c(Cl)c(O)cc(O)c2C(=O)O1. The zero-order valence-corrected chi connectivity index (χ0v) is 14.6. The average molecular weight is 369 g/mol. The fourth-order valence-corrected chi connectivity index (χ4v) is 3.38. The summed E-state index contributed by atoms with van der Waals surface area (Å²) < 4.78 is 11.0. The van der Waals surface area contributed by atoms with E-state index in [1.165, 1.54) is 0 Å². The molecule has 7 heteroatoms. The number of epoxide rings is 1. The largest absolute Gasteiger partial charge is 0.507 e. The smallest absolute Gasteiger partial charge is 0.342 e. The van der Waals surface area contributed by atoms with Gasteiger partial charge in [0.15, 0.2) is 0 Å². The second kappa shape index (κ2) is 7.23. The van der Waals surface area contributed by atoms with Gasteiger partial charge in [0, 0.05) is 18.9 Å². The van der Waals surface area contributed by atoms with Crippen LogP contribution in [-0.2, 0) is 15.9 Å². The van der Waals surface area contributed by atoms with Crippen molar-refractivity contribution in [2.24, 2.45) is 0 Å². The number of aliphatic hydroxyl groups is 1. The number of ether oxygens (including phenoxy) is 2. The van der Waals surface area contributed by atoms with Crippen LogP contribution >= 0.6 is 11.6 Å². The lowest BCUT2D eigenvalue weighted by atomic mass is 9.98.